The Bertz CT molecular complexity index is 284. The van der Waals surface area contributed by atoms with Gasteiger partial charge in [-0.15, -0.1) is 0 Å². The number of unbranched alkanes of at least 4 members (excludes halogenated alkanes) is 1. The topological polar surface area (TPSA) is 66.6 Å². The highest BCUT2D eigenvalue weighted by atomic mass is 32.2. The highest BCUT2D eigenvalue weighted by Crippen LogP contribution is 2.08. The number of nitrogens with zero attached hydrogens (tertiary/aromatic N) is 2. The smallest absolute Gasteiger partial charge is 0.213 e. The summed E-state index contributed by atoms with van der Waals surface area (Å²) < 4.78 is 24.8. The molecule has 1 aliphatic rings. The molecule has 0 bridgehead atoms. The summed E-state index contributed by atoms with van der Waals surface area (Å²) in [6, 6.07) is 0. The number of sulfonamides is 1. The highest BCUT2D eigenvalue weighted by molar-refractivity contribution is 7.89. The van der Waals surface area contributed by atoms with E-state index < -0.39 is 10.0 Å². The second-order valence-electron chi connectivity index (χ2n) is 4.14. The molecule has 1 heterocycles. The third kappa shape index (κ3) is 4.01. The zero-order valence-corrected chi connectivity index (χ0v) is 10.9. The van der Waals surface area contributed by atoms with Gasteiger partial charge in [-0.1, -0.05) is 0 Å². The van der Waals surface area contributed by atoms with Gasteiger partial charge < -0.3 is 10.6 Å². The van der Waals surface area contributed by atoms with E-state index in [9.17, 15) is 8.42 Å². The largest absolute Gasteiger partial charge is 0.330 e. The van der Waals surface area contributed by atoms with Gasteiger partial charge in [-0.3, -0.25) is 0 Å². The van der Waals surface area contributed by atoms with E-state index in [4.69, 9.17) is 5.73 Å². The van der Waals surface area contributed by atoms with Crippen LogP contribution in [0.3, 0.4) is 0 Å². The number of nitrogens with two attached hydrogens (primary N) is 1. The zero-order valence-electron chi connectivity index (χ0n) is 10.1. The Hall–Kier alpha value is -0.170. The first-order valence-corrected chi connectivity index (χ1v) is 7.61. The molecule has 1 fully saturated rings. The lowest BCUT2D eigenvalue weighted by Gasteiger charge is -2.33. The van der Waals surface area contributed by atoms with Crippen LogP contribution in [0.4, 0.5) is 0 Å². The first kappa shape index (κ1) is 13.9. The van der Waals surface area contributed by atoms with Gasteiger partial charge in [0.1, 0.15) is 0 Å². The normalized spacial score (nSPS) is 20.1. The van der Waals surface area contributed by atoms with Crippen LogP contribution in [-0.4, -0.2) is 62.6 Å². The van der Waals surface area contributed by atoms with E-state index in [2.05, 4.69) is 4.90 Å². The van der Waals surface area contributed by atoms with E-state index in [1.54, 1.807) is 11.2 Å². The molecule has 6 heteroatoms. The lowest BCUT2D eigenvalue weighted by Crippen LogP contribution is -2.49. The average molecular weight is 249 g/mol. The Morgan fingerprint density at radius 3 is 2.25 bits per heavy atom. The molecule has 1 aliphatic heterocycles. The Balaban J connectivity index is 2.29. The molecule has 0 saturated carbocycles. The molecule has 5 nitrogen and oxygen atoms in total. The minimum atomic E-state index is -2.98. The van der Waals surface area contributed by atoms with Crippen LogP contribution in [0.2, 0.25) is 0 Å². The fourth-order valence-corrected chi connectivity index (χ4v) is 2.98. The van der Waals surface area contributed by atoms with Crippen LogP contribution in [0.15, 0.2) is 0 Å². The zero-order chi connectivity index (χ0) is 12.0. The second-order valence-corrected chi connectivity index (χ2v) is 6.39. The third-order valence-corrected chi connectivity index (χ3v) is 4.90. The number of hydrogen-bond acceptors (Lipinski definition) is 4. The molecule has 0 amide bonds. The Morgan fingerprint density at radius 1 is 1.12 bits per heavy atom. The van der Waals surface area contributed by atoms with Crippen molar-refractivity contribution in [3.63, 3.8) is 0 Å². The molecular weight excluding hydrogens is 226 g/mol. The van der Waals surface area contributed by atoms with Crippen LogP contribution >= 0.6 is 0 Å². The van der Waals surface area contributed by atoms with E-state index in [-0.39, 0.29) is 5.75 Å². The van der Waals surface area contributed by atoms with Crippen LogP contribution in [-0.2, 0) is 10.0 Å². The van der Waals surface area contributed by atoms with E-state index in [0.29, 0.717) is 13.1 Å². The van der Waals surface area contributed by atoms with Crippen LogP contribution in [0, 0.1) is 0 Å². The number of rotatable bonds is 6. The second kappa shape index (κ2) is 6.54. The quantitative estimate of drug-likeness (QED) is 0.656. The molecule has 1 rings (SSSR count). The van der Waals surface area contributed by atoms with E-state index in [1.807, 2.05) is 0 Å². The summed E-state index contributed by atoms with van der Waals surface area (Å²) >= 11 is 0. The molecule has 96 valence electrons. The summed E-state index contributed by atoms with van der Waals surface area (Å²) in [4.78, 5) is 2.32. The fraction of sp³-hybridized carbons (Fsp3) is 1.00. The summed E-state index contributed by atoms with van der Waals surface area (Å²) in [5.41, 5.74) is 5.44. The molecule has 1 saturated heterocycles. The Labute approximate surface area is 98.6 Å². The number of hydrogen-bond donors (Lipinski definition) is 1. The first-order chi connectivity index (χ1) is 7.60. The SMILES string of the molecule is CCS(=O)(=O)N1CCN(CCCCN)CC1. The van der Waals surface area contributed by atoms with E-state index in [1.165, 1.54) is 0 Å². The van der Waals surface area contributed by atoms with Crippen LogP contribution < -0.4 is 5.73 Å². The summed E-state index contributed by atoms with van der Waals surface area (Å²) in [5, 5.41) is 0. The Kier molecular flexibility index (Phi) is 5.68. The fourth-order valence-electron chi connectivity index (χ4n) is 1.89. The third-order valence-electron chi connectivity index (χ3n) is 3.02. The molecule has 0 aromatic heterocycles. The van der Waals surface area contributed by atoms with Crippen molar-refractivity contribution in [2.24, 2.45) is 5.73 Å². The van der Waals surface area contributed by atoms with Gasteiger partial charge in [0.15, 0.2) is 0 Å². The van der Waals surface area contributed by atoms with Crippen molar-refractivity contribution in [3.05, 3.63) is 0 Å². The van der Waals surface area contributed by atoms with Crippen molar-refractivity contribution in [1.29, 1.82) is 0 Å². The Morgan fingerprint density at radius 2 is 1.75 bits per heavy atom. The lowest BCUT2D eigenvalue weighted by atomic mass is 10.2. The predicted molar refractivity (Wildman–Crippen MR) is 65.8 cm³/mol. The van der Waals surface area contributed by atoms with Gasteiger partial charge in [0.25, 0.3) is 0 Å². The summed E-state index contributed by atoms with van der Waals surface area (Å²) in [5.74, 6) is 0.209. The maximum absolute atomic E-state index is 11.6. The van der Waals surface area contributed by atoms with Gasteiger partial charge in [0.05, 0.1) is 5.75 Å². The van der Waals surface area contributed by atoms with Crippen molar-refractivity contribution >= 4 is 10.0 Å². The van der Waals surface area contributed by atoms with Gasteiger partial charge in [-0.25, -0.2) is 8.42 Å². The molecule has 0 aromatic rings. The highest BCUT2D eigenvalue weighted by Gasteiger charge is 2.24. The molecule has 0 radical (unpaired) electrons. The summed E-state index contributed by atoms with van der Waals surface area (Å²) in [6.45, 7) is 6.45. The van der Waals surface area contributed by atoms with Gasteiger partial charge in [0.2, 0.25) is 10.0 Å². The molecular formula is C10H23N3O2S. The lowest BCUT2D eigenvalue weighted by molar-refractivity contribution is 0.186. The molecule has 2 N–H and O–H groups in total. The van der Waals surface area contributed by atoms with Gasteiger partial charge in [-0.05, 0) is 32.9 Å². The minimum Gasteiger partial charge on any atom is -0.330 e. The van der Waals surface area contributed by atoms with Crippen LogP contribution in [0.25, 0.3) is 0 Å². The average Bonchev–Trinajstić information content (AvgIpc) is 2.30. The first-order valence-electron chi connectivity index (χ1n) is 6.00. The maximum atomic E-state index is 11.6. The minimum absolute atomic E-state index is 0.209. The van der Waals surface area contributed by atoms with Crippen molar-refractivity contribution in [2.45, 2.75) is 19.8 Å². The van der Waals surface area contributed by atoms with Crippen LogP contribution in [0.5, 0.6) is 0 Å². The van der Waals surface area contributed by atoms with Gasteiger partial charge >= 0.3 is 0 Å². The maximum Gasteiger partial charge on any atom is 0.213 e. The molecule has 16 heavy (non-hydrogen) atoms. The van der Waals surface area contributed by atoms with Gasteiger partial charge in [0, 0.05) is 26.2 Å². The molecule has 0 aromatic carbocycles. The molecule has 0 unspecified atom stereocenters. The van der Waals surface area contributed by atoms with Crippen molar-refractivity contribution in [1.82, 2.24) is 9.21 Å². The summed E-state index contributed by atoms with van der Waals surface area (Å²) in [7, 11) is -2.98. The molecule has 0 atom stereocenters. The molecule has 0 aliphatic carbocycles. The summed E-state index contributed by atoms with van der Waals surface area (Å²) in [6.07, 6.45) is 2.16. The van der Waals surface area contributed by atoms with Crippen molar-refractivity contribution < 1.29 is 8.42 Å². The predicted octanol–water partition coefficient (Wildman–Crippen LogP) is -0.307. The standard InChI is InChI=1S/C10H23N3O2S/c1-2-16(14,15)13-9-7-12(8-10-13)6-4-3-5-11/h2-11H2,1H3. The van der Waals surface area contributed by atoms with E-state index in [0.717, 1.165) is 39.0 Å². The van der Waals surface area contributed by atoms with E-state index >= 15 is 0 Å². The van der Waals surface area contributed by atoms with Crippen LogP contribution in [0.1, 0.15) is 19.8 Å². The van der Waals surface area contributed by atoms with Gasteiger partial charge in [-0.2, -0.15) is 4.31 Å². The molecule has 0 spiro atoms. The number of piperazine rings is 1. The van der Waals surface area contributed by atoms with Crippen molar-refractivity contribution in [3.8, 4) is 0 Å². The monoisotopic (exact) mass is 249 g/mol. The van der Waals surface area contributed by atoms with Crippen molar-refractivity contribution in [2.75, 3.05) is 45.0 Å².